The summed E-state index contributed by atoms with van der Waals surface area (Å²) in [6.45, 7) is 6.76. The molecule has 0 aliphatic carbocycles. The largest absolute Gasteiger partial charge is 0.365 e. The molecule has 2 aromatic carbocycles. The van der Waals surface area contributed by atoms with Crippen molar-refractivity contribution in [1.82, 2.24) is 4.90 Å². The molecule has 0 amide bonds. The van der Waals surface area contributed by atoms with Crippen LogP contribution in [0.15, 0.2) is 64.8 Å². The minimum atomic E-state index is 0.171. The molecule has 2 heterocycles. The van der Waals surface area contributed by atoms with Crippen molar-refractivity contribution in [3.05, 3.63) is 81.3 Å². The van der Waals surface area contributed by atoms with Crippen LogP contribution in [-0.4, -0.2) is 37.6 Å². The molecule has 0 spiro atoms. The van der Waals surface area contributed by atoms with Gasteiger partial charge in [0.05, 0.1) is 5.69 Å². The van der Waals surface area contributed by atoms with Gasteiger partial charge in [-0.15, -0.1) is 11.3 Å². The fourth-order valence-electron chi connectivity index (χ4n) is 3.53. The Bertz CT molecular complexity index is 1000. The number of hydrogen-bond donors (Lipinski definition) is 0. The number of aryl methyl sites for hydroxylation is 1. The van der Waals surface area contributed by atoms with Gasteiger partial charge < -0.3 is 4.90 Å². The van der Waals surface area contributed by atoms with E-state index in [1.165, 1.54) is 5.56 Å². The Morgan fingerprint density at radius 3 is 2.59 bits per heavy atom. The lowest BCUT2D eigenvalue weighted by Crippen LogP contribution is -2.47. The first-order chi connectivity index (χ1) is 13.2. The highest BCUT2D eigenvalue weighted by Gasteiger charge is 2.19. The fourth-order valence-corrected chi connectivity index (χ4v) is 4.45. The summed E-state index contributed by atoms with van der Waals surface area (Å²) < 4.78 is 1.07. The average molecular weight is 377 g/mol. The molecular weight excluding hydrogens is 352 g/mol. The van der Waals surface area contributed by atoms with Crippen LogP contribution in [0.1, 0.15) is 11.1 Å². The third kappa shape index (κ3) is 4.12. The van der Waals surface area contributed by atoms with Crippen molar-refractivity contribution in [2.24, 2.45) is 0 Å². The fraction of sp³-hybridized carbons (Fsp3) is 0.261. The van der Waals surface area contributed by atoms with Crippen LogP contribution in [0, 0.1) is 6.92 Å². The predicted octanol–water partition coefficient (Wildman–Crippen LogP) is 4.41. The Kier molecular flexibility index (Phi) is 5.37. The highest BCUT2D eigenvalue weighted by molar-refractivity contribution is 7.16. The minimum Gasteiger partial charge on any atom is -0.365 e. The summed E-state index contributed by atoms with van der Waals surface area (Å²) in [5.74, 6) is 0. The van der Waals surface area contributed by atoms with E-state index in [2.05, 4.69) is 58.4 Å². The molecule has 4 heteroatoms. The molecule has 3 nitrogen and oxygen atoms in total. The summed E-state index contributed by atoms with van der Waals surface area (Å²) in [6.07, 6.45) is 4.40. The molecule has 1 aliphatic rings. The van der Waals surface area contributed by atoms with Crippen LogP contribution in [0.25, 0.3) is 16.2 Å². The summed E-state index contributed by atoms with van der Waals surface area (Å²) in [5, 5.41) is 2.89. The summed E-state index contributed by atoms with van der Waals surface area (Å²) in [6, 6.07) is 16.5. The third-order valence-electron chi connectivity index (χ3n) is 5.10. The van der Waals surface area contributed by atoms with E-state index in [1.54, 1.807) is 11.3 Å². The van der Waals surface area contributed by atoms with Gasteiger partial charge in [0.25, 0.3) is 0 Å². The van der Waals surface area contributed by atoms with Crippen LogP contribution in [-0.2, 0) is 0 Å². The SMILES string of the molecule is Cc1ccc2scc(N3CCN(CC=Cc4ccccc4)CC3)c(=O)c2c1. The van der Waals surface area contributed by atoms with Crippen LogP contribution in [0.3, 0.4) is 0 Å². The maximum atomic E-state index is 12.9. The molecule has 138 valence electrons. The van der Waals surface area contributed by atoms with Gasteiger partial charge in [-0.2, -0.15) is 0 Å². The highest BCUT2D eigenvalue weighted by atomic mass is 32.1. The zero-order chi connectivity index (χ0) is 18.6. The van der Waals surface area contributed by atoms with Gasteiger partial charge in [-0.3, -0.25) is 9.69 Å². The van der Waals surface area contributed by atoms with E-state index >= 15 is 0 Å². The van der Waals surface area contributed by atoms with E-state index in [0.717, 1.165) is 54.1 Å². The molecule has 4 rings (SSSR count). The number of piperazine rings is 1. The van der Waals surface area contributed by atoms with E-state index in [-0.39, 0.29) is 5.43 Å². The maximum absolute atomic E-state index is 12.9. The lowest BCUT2D eigenvalue weighted by Gasteiger charge is -2.35. The Morgan fingerprint density at radius 1 is 1.04 bits per heavy atom. The Balaban J connectivity index is 1.41. The van der Waals surface area contributed by atoms with E-state index in [0.29, 0.717) is 0 Å². The molecule has 1 aliphatic heterocycles. The topological polar surface area (TPSA) is 23.6 Å². The number of fused-ring (bicyclic) bond motifs is 1. The molecular formula is C23H24N2OS. The Morgan fingerprint density at radius 2 is 1.81 bits per heavy atom. The maximum Gasteiger partial charge on any atom is 0.211 e. The molecule has 0 atom stereocenters. The lowest BCUT2D eigenvalue weighted by molar-refractivity contribution is 0.284. The molecule has 0 saturated carbocycles. The number of rotatable bonds is 4. The number of anilines is 1. The van der Waals surface area contributed by atoms with Crippen molar-refractivity contribution < 1.29 is 0 Å². The Labute approximate surface area is 164 Å². The van der Waals surface area contributed by atoms with Gasteiger partial charge in [0.1, 0.15) is 0 Å². The van der Waals surface area contributed by atoms with Gasteiger partial charge in [0, 0.05) is 48.2 Å². The second-order valence-electron chi connectivity index (χ2n) is 7.05. The van der Waals surface area contributed by atoms with Crippen LogP contribution in [0.2, 0.25) is 0 Å². The molecule has 0 bridgehead atoms. The summed E-state index contributed by atoms with van der Waals surface area (Å²) in [5.41, 5.74) is 3.40. The van der Waals surface area contributed by atoms with Gasteiger partial charge in [0.2, 0.25) is 5.43 Å². The van der Waals surface area contributed by atoms with E-state index in [4.69, 9.17) is 0 Å². The Hall–Kier alpha value is -2.43. The van der Waals surface area contributed by atoms with Crippen molar-refractivity contribution >= 4 is 33.2 Å². The molecule has 0 radical (unpaired) electrons. The lowest BCUT2D eigenvalue weighted by atomic mass is 10.1. The first kappa shape index (κ1) is 18.0. The van der Waals surface area contributed by atoms with Crippen molar-refractivity contribution in [3.63, 3.8) is 0 Å². The number of benzene rings is 2. The zero-order valence-electron chi connectivity index (χ0n) is 15.6. The molecule has 27 heavy (non-hydrogen) atoms. The highest BCUT2D eigenvalue weighted by Crippen LogP contribution is 2.23. The van der Waals surface area contributed by atoms with Gasteiger partial charge in [-0.25, -0.2) is 0 Å². The summed E-state index contributed by atoms with van der Waals surface area (Å²) >= 11 is 1.67. The first-order valence-electron chi connectivity index (χ1n) is 9.42. The monoisotopic (exact) mass is 376 g/mol. The van der Waals surface area contributed by atoms with Crippen LogP contribution in [0.4, 0.5) is 5.69 Å². The van der Waals surface area contributed by atoms with Gasteiger partial charge in [-0.05, 0) is 24.6 Å². The molecule has 1 aromatic heterocycles. The van der Waals surface area contributed by atoms with E-state index in [1.807, 2.05) is 24.4 Å². The van der Waals surface area contributed by atoms with Crippen LogP contribution < -0.4 is 10.3 Å². The molecule has 1 saturated heterocycles. The van der Waals surface area contributed by atoms with E-state index in [9.17, 15) is 4.79 Å². The minimum absolute atomic E-state index is 0.171. The standard InChI is InChI=1S/C23H24N2OS/c1-18-9-10-22-20(16-18)23(26)21(17-27-22)25-14-12-24(13-15-25)11-5-8-19-6-3-2-4-7-19/h2-10,16-17H,11-15H2,1H3. The normalized spacial score (nSPS) is 15.7. The second-order valence-corrected chi connectivity index (χ2v) is 7.96. The van der Waals surface area contributed by atoms with Crippen molar-refractivity contribution in [3.8, 4) is 0 Å². The van der Waals surface area contributed by atoms with Gasteiger partial charge >= 0.3 is 0 Å². The number of hydrogen-bond acceptors (Lipinski definition) is 4. The van der Waals surface area contributed by atoms with Gasteiger partial charge in [0.15, 0.2) is 0 Å². The summed E-state index contributed by atoms with van der Waals surface area (Å²) in [4.78, 5) is 17.6. The predicted molar refractivity (Wildman–Crippen MR) is 117 cm³/mol. The summed E-state index contributed by atoms with van der Waals surface area (Å²) in [7, 11) is 0. The quantitative estimate of drug-likeness (QED) is 0.674. The molecule has 1 fully saturated rings. The van der Waals surface area contributed by atoms with Crippen LogP contribution in [0.5, 0.6) is 0 Å². The average Bonchev–Trinajstić information content (AvgIpc) is 2.70. The molecule has 0 unspecified atom stereocenters. The van der Waals surface area contributed by atoms with Crippen LogP contribution >= 0.6 is 11.3 Å². The number of nitrogens with zero attached hydrogens (tertiary/aromatic N) is 2. The molecule has 0 N–H and O–H groups in total. The van der Waals surface area contributed by atoms with Gasteiger partial charge in [-0.1, -0.05) is 54.1 Å². The molecule has 3 aromatic rings. The van der Waals surface area contributed by atoms with Crippen molar-refractivity contribution in [1.29, 1.82) is 0 Å². The smallest absolute Gasteiger partial charge is 0.211 e. The van der Waals surface area contributed by atoms with E-state index < -0.39 is 0 Å². The van der Waals surface area contributed by atoms with Crippen molar-refractivity contribution in [2.45, 2.75) is 6.92 Å². The second kappa shape index (κ2) is 8.07. The first-order valence-corrected chi connectivity index (χ1v) is 10.3. The zero-order valence-corrected chi connectivity index (χ0v) is 16.4. The third-order valence-corrected chi connectivity index (χ3v) is 6.05. The van der Waals surface area contributed by atoms with Crippen molar-refractivity contribution in [2.75, 3.05) is 37.6 Å².